The molecule has 0 aliphatic heterocycles. The zero-order valence-corrected chi connectivity index (χ0v) is 44.5. The van der Waals surface area contributed by atoms with Gasteiger partial charge in [0.1, 0.15) is 12.2 Å². The van der Waals surface area contributed by atoms with Crippen molar-refractivity contribution in [3.05, 3.63) is 24.3 Å². The van der Waals surface area contributed by atoms with Gasteiger partial charge in [0.05, 0.1) is 18.8 Å². The molecule has 0 aromatic heterocycles. The molecule has 0 bridgehead atoms. The van der Waals surface area contributed by atoms with Crippen LogP contribution >= 0.6 is 0 Å². The van der Waals surface area contributed by atoms with E-state index in [2.05, 4.69) is 43.5 Å². The van der Waals surface area contributed by atoms with Crippen molar-refractivity contribution in [1.82, 2.24) is 5.32 Å². The van der Waals surface area contributed by atoms with Gasteiger partial charge in [-0.3, -0.25) is 4.79 Å². The van der Waals surface area contributed by atoms with Crippen molar-refractivity contribution in [1.29, 1.82) is 0 Å². The first-order chi connectivity index (χ1) is 32.5. The van der Waals surface area contributed by atoms with E-state index in [4.69, 9.17) is 0 Å². The van der Waals surface area contributed by atoms with E-state index >= 15 is 0 Å². The fourth-order valence-electron chi connectivity index (χ4n) is 9.48. The Morgan fingerprint density at radius 3 is 0.955 bits per heavy atom. The molecule has 0 aliphatic rings. The van der Waals surface area contributed by atoms with Crippen LogP contribution in [0.3, 0.4) is 0 Å². The minimum atomic E-state index is -1.29. The van der Waals surface area contributed by atoms with Crippen LogP contribution in [0.5, 0.6) is 0 Å². The standard InChI is InChI=1S/C60H117NO5/c1-3-5-7-9-11-13-15-17-19-21-23-24-25-26-27-28-29-30-31-32-33-34-35-36-38-40-42-44-46-48-50-52-54-58(64)60(66)61-56(55-62)59(65)57(63)53-51-49-47-45-43-41-39-37-22-20-18-16-14-12-10-8-6-4-2/h37,39,45,47,56-59,62-65H,3-36,38,40-44,46,48-55H2,1-2H3,(H,61,66)/b39-37+,47-45+. The summed E-state index contributed by atoms with van der Waals surface area (Å²) in [5, 5.41) is 43.9. The fraction of sp³-hybridized carbons (Fsp3) is 0.917. The van der Waals surface area contributed by atoms with Crippen LogP contribution in [0.4, 0.5) is 0 Å². The third-order valence-corrected chi connectivity index (χ3v) is 14.1. The van der Waals surface area contributed by atoms with Crippen LogP contribution < -0.4 is 5.32 Å². The van der Waals surface area contributed by atoms with Gasteiger partial charge in [0.25, 0.3) is 0 Å². The zero-order chi connectivity index (χ0) is 48.1. The number of carbonyl (C=O) groups is 1. The number of amides is 1. The maximum Gasteiger partial charge on any atom is 0.249 e. The van der Waals surface area contributed by atoms with Gasteiger partial charge in [-0.15, -0.1) is 0 Å². The molecule has 0 spiro atoms. The minimum Gasteiger partial charge on any atom is -0.394 e. The maximum absolute atomic E-state index is 12.6. The Hall–Kier alpha value is -1.21. The highest BCUT2D eigenvalue weighted by molar-refractivity contribution is 5.80. The summed E-state index contributed by atoms with van der Waals surface area (Å²) in [6.07, 6.45) is 67.0. The van der Waals surface area contributed by atoms with Crippen LogP contribution in [0.2, 0.25) is 0 Å². The van der Waals surface area contributed by atoms with Gasteiger partial charge in [0.15, 0.2) is 0 Å². The van der Waals surface area contributed by atoms with E-state index in [0.717, 1.165) is 38.5 Å². The average molecular weight is 933 g/mol. The smallest absolute Gasteiger partial charge is 0.249 e. The van der Waals surface area contributed by atoms with Crippen molar-refractivity contribution in [3.63, 3.8) is 0 Å². The molecular weight excluding hydrogens is 815 g/mol. The molecule has 0 radical (unpaired) electrons. The van der Waals surface area contributed by atoms with E-state index in [1.807, 2.05) is 0 Å². The second-order valence-electron chi connectivity index (χ2n) is 20.7. The Kier molecular flexibility index (Phi) is 53.7. The van der Waals surface area contributed by atoms with Crippen molar-refractivity contribution in [2.24, 2.45) is 0 Å². The molecule has 66 heavy (non-hydrogen) atoms. The van der Waals surface area contributed by atoms with Crippen LogP contribution in [-0.4, -0.2) is 57.3 Å². The summed E-state index contributed by atoms with van der Waals surface area (Å²) in [4.78, 5) is 12.6. The number of aliphatic hydroxyl groups is 4. The molecular formula is C60H117NO5. The fourth-order valence-corrected chi connectivity index (χ4v) is 9.48. The number of rotatable bonds is 55. The molecule has 0 rings (SSSR count). The molecule has 1 amide bonds. The van der Waals surface area contributed by atoms with Crippen molar-refractivity contribution in [2.45, 2.75) is 346 Å². The third kappa shape index (κ3) is 47.8. The second-order valence-corrected chi connectivity index (χ2v) is 20.7. The third-order valence-electron chi connectivity index (χ3n) is 14.1. The Morgan fingerprint density at radius 1 is 0.364 bits per heavy atom. The normalized spacial score (nSPS) is 13.8. The quantitative estimate of drug-likeness (QED) is 0.0308. The van der Waals surface area contributed by atoms with Crippen molar-refractivity contribution in [3.8, 4) is 0 Å². The molecule has 0 heterocycles. The molecule has 0 aromatic carbocycles. The van der Waals surface area contributed by atoms with Gasteiger partial charge < -0.3 is 25.7 Å². The Balaban J connectivity index is 3.58. The van der Waals surface area contributed by atoms with Gasteiger partial charge in [-0.1, -0.05) is 295 Å². The highest BCUT2D eigenvalue weighted by atomic mass is 16.3. The van der Waals surface area contributed by atoms with Crippen LogP contribution in [0.15, 0.2) is 24.3 Å². The lowest BCUT2D eigenvalue weighted by atomic mass is 10.00. The molecule has 4 atom stereocenters. The summed E-state index contributed by atoms with van der Waals surface area (Å²) >= 11 is 0. The first kappa shape index (κ1) is 64.8. The summed E-state index contributed by atoms with van der Waals surface area (Å²) < 4.78 is 0. The Bertz CT molecular complexity index is 1000. The predicted molar refractivity (Wildman–Crippen MR) is 288 cm³/mol. The number of hydrogen-bond acceptors (Lipinski definition) is 5. The predicted octanol–water partition coefficient (Wildman–Crippen LogP) is 17.4. The highest BCUT2D eigenvalue weighted by Crippen LogP contribution is 2.18. The van der Waals surface area contributed by atoms with E-state index in [1.165, 1.54) is 250 Å². The van der Waals surface area contributed by atoms with Gasteiger partial charge in [0, 0.05) is 0 Å². The first-order valence-corrected chi connectivity index (χ1v) is 29.7. The largest absolute Gasteiger partial charge is 0.394 e. The first-order valence-electron chi connectivity index (χ1n) is 29.7. The van der Waals surface area contributed by atoms with E-state index in [0.29, 0.717) is 19.3 Å². The SMILES string of the molecule is CCCCCCCCCCC/C=C/CC/C=C/CCCC(O)C(O)C(CO)NC(=O)C(O)CCCCCCCCCCCCCCCCCCCCCCCCCCCCCCCCCC. The molecule has 0 aliphatic carbocycles. The van der Waals surface area contributed by atoms with Crippen molar-refractivity contribution >= 4 is 5.91 Å². The number of unbranched alkanes of at least 4 members (excludes halogenated alkanes) is 42. The molecule has 6 nitrogen and oxygen atoms in total. The Labute approximate surface area is 412 Å². The van der Waals surface area contributed by atoms with Gasteiger partial charge in [-0.2, -0.15) is 0 Å². The van der Waals surface area contributed by atoms with Crippen LogP contribution in [0.1, 0.15) is 322 Å². The van der Waals surface area contributed by atoms with Gasteiger partial charge in [0.2, 0.25) is 5.91 Å². The highest BCUT2D eigenvalue weighted by Gasteiger charge is 2.28. The van der Waals surface area contributed by atoms with Gasteiger partial charge in [-0.25, -0.2) is 0 Å². The van der Waals surface area contributed by atoms with E-state index in [9.17, 15) is 25.2 Å². The number of aliphatic hydroxyl groups excluding tert-OH is 4. The molecule has 0 saturated heterocycles. The number of allylic oxidation sites excluding steroid dienone is 4. The van der Waals surface area contributed by atoms with Gasteiger partial charge >= 0.3 is 0 Å². The lowest BCUT2D eigenvalue weighted by Gasteiger charge is -2.27. The summed E-state index contributed by atoms with van der Waals surface area (Å²) in [7, 11) is 0. The topological polar surface area (TPSA) is 110 Å². The van der Waals surface area contributed by atoms with Crippen molar-refractivity contribution < 1.29 is 25.2 Å². The summed E-state index contributed by atoms with van der Waals surface area (Å²) in [6.45, 7) is 4.07. The zero-order valence-electron chi connectivity index (χ0n) is 44.5. The van der Waals surface area contributed by atoms with Crippen molar-refractivity contribution in [2.75, 3.05) is 6.61 Å². The monoisotopic (exact) mass is 932 g/mol. The average Bonchev–Trinajstić information content (AvgIpc) is 3.32. The molecule has 0 fully saturated rings. The van der Waals surface area contributed by atoms with E-state index < -0.39 is 36.9 Å². The van der Waals surface area contributed by atoms with Gasteiger partial charge in [-0.05, 0) is 51.4 Å². The molecule has 4 unspecified atom stereocenters. The minimum absolute atomic E-state index is 0.365. The van der Waals surface area contributed by atoms with E-state index in [-0.39, 0.29) is 0 Å². The second kappa shape index (κ2) is 54.7. The van der Waals surface area contributed by atoms with E-state index in [1.54, 1.807) is 0 Å². The lowest BCUT2D eigenvalue weighted by molar-refractivity contribution is -0.132. The Morgan fingerprint density at radius 2 is 0.636 bits per heavy atom. The van der Waals surface area contributed by atoms with Crippen LogP contribution in [-0.2, 0) is 4.79 Å². The van der Waals surface area contributed by atoms with Crippen LogP contribution in [0, 0.1) is 0 Å². The summed E-state index contributed by atoms with van der Waals surface area (Å²) in [6, 6.07) is -1.01. The molecule has 392 valence electrons. The lowest BCUT2D eigenvalue weighted by Crippen LogP contribution is -2.53. The number of carbonyl (C=O) groups excluding carboxylic acids is 1. The molecule has 6 heteroatoms. The number of nitrogens with one attached hydrogen (secondary N) is 1. The summed E-state index contributed by atoms with van der Waals surface area (Å²) in [5.41, 5.74) is 0. The maximum atomic E-state index is 12.6. The van der Waals surface area contributed by atoms with Crippen LogP contribution in [0.25, 0.3) is 0 Å². The molecule has 0 aromatic rings. The number of hydrogen-bond donors (Lipinski definition) is 5. The molecule has 5 N–H and O–H groups in total. The molecule has 0 saturated carbocycles. The summed E-state index contributed by atoms with van der Waals surface area (Å²) in [5.74, 6) is -0.591.